The van der Waals surface area contributed by atoms with Crippen LogP contribution < -0.4 is 4.74 Å². The molecule has 0 amide bonds. The predicted molar refractivity (Wildman–Crippen MR) is 114 cm³/mol. The molecule has 32 heavy (non-hydrogen) atoms. The lowest BCUT2D eigenvalue weighted by atomic mass is 10.0. The number of ether oxygens (including phenoxy) is 1. The molecule has 0 aliphatic carbocycles. The van der Waals surface area contributed by atoms with Crippen molar-refractivity contribution in [3.8, 4) is 16.9 Å². The van der Waals surface area contributed by atoms with Gasteiger partial charge in [-0.2, -0.15) is 0 Å². The summed E-state index contributed by atoms with van der Waals surface area (Å²) in [5.41, 5.74) is 1.66. The minimum atomic E-state index is -1.50. The van der Waals surface area contributed by atoms with E-state index in [1.54, 1.807) is 42.5 Å². The van der Waals surface area contributed by atoms with Crippen LogP contribution in [-0.2, 0) is 13.0 Å². The topological polar surface area (TPSA) is 9.23 Å². The summed E-state index contributed by atoms with van der Waals surface area (Å²) in [4.78, 5) is 0. The standard InChI is InChI=1S/C26H19F5O/c1-2-3-17-7-11-20(24(29)23(17)28)16-5-8-19(9-6-16)32-14-15-4-10-21-18(12-15)13-22(27)26(31)25(21)30/h4-13H,2-3,14H2,1H3. The maximum atomic E-state index is 14.5. The monoisotopic (exact) mass is 442 g/mol. The summed E-state index contributed by atoms with van der Waals surface area (Å²) in [7, 11) is 0. The Bertz CT molecular complexity index is 1280. The number of benzene rings is 4. The Balaban J connectivity index is 1.50. The Morgan fingerprint density at radius 3 is 2.19 bits per heavy atom. The largest absolute Gasteiger partial charge is 0.489 e. The highest BCUT2D eigenvalue weighted by atomic mass is 19.2. The molecule has 4 aromatic rings. The molecular formula is C26H19F5O. The van der Waals surface area contributed by atoms with E-state index in [9.17, 15) is 22.0 Å². The number of fused-ring (bicyclic) bond motifs is 1. The van der Waals surface area contributed by atoms with Gasteiger partial charge in [0.25, 0.3) is 0 Å². The van der Waals surface area contributed by atoms with Gasteiger partial charge in [-0.1, -0.05) is 49.7 Å². The molecule has 0 aliphatic rings. The van der Waals surface area contributed by atoms with Crippen LogP contribution in [0.25, 0.3) is 21.9 Å². The lowest BCUT2D eigenvalue weighted by Gasteiger charge is -2.11. The SMILES string of the molecule is CCCc1ccc(-c2ccc(OCc3ccc4c(F)c(F)c(F)cc4c3)cc2)c(F)c1F. The highest BCUT2D eigenvalue weighted by molar-refractivity contribution is 5.84. The van der Waals surface area contributed by atoms with E-state index >= 15 is 0 Å². The van der Waals surface area contributed by atoms with Gasteiger partial charge in [0.2, 0.25) is 0 Å². The van der Waals surface area contributed by atoms with Gasteiger partial charge < -0.3 is 4.74 Å². The molecule has 4 aromatic carbocycles. The van der Waals surface area contributed by atoms with Crippen LogP contribution in [0.3, 0.4) is 0 Å². The second-order valence-electron chi connectivity index (χ2n) is 7.51. The maximum Gasteiger partial charge on any atom is 0.195 e. The second-order valence-corrected chi connectivity index (χ2v) is 7.51. The number of hydrogen-bond acceptors (Lipinski definition) is 1. The number of aryl methyl sites for hydroxylation is 1. The predicted octanol–water partition coefficient (Wildman–Crippen LogP) is 7.73. The van der Waals surface area contributed by atoms with E-state index in [4.69, 9.17) is 4.74 Å². The zero-order chi connectivity index (χ0) is 22.8. The first-order valence-corrected chi connectivity index (χ1v) is 10.1. The molecule has 0 aromatic heterocycles. The van der Waals surface area contributed by atoms with Crippen LogP contribution in [-0.4, -0.2) is 0 Å². The Morgan fingerprint density at radius 2 is 1.47 bits per heavy atom. The minimum absolute atomic E-state index is 0.0174. The minimum Gasteiger partial charge on any atom is -0.489 e. The van der Waals surface area contributed by atoms with Gasteiger partial charge in [-0.15, -0.1) is 0 Å². The van der Waals surface area contributed by atoms with Gasteiger partial charge in [0.1, 0.15) is 12.4 Å². The van der Waals surface area contributed by atoms with Crippen molar-refractivity contribution in [2.45, 2.75) is 26.4 Å². The van der Waals surface area contributed by atoms with E-state index in [2.05, 4.69) is 0 Å². The van der Waals surface area contributed by atoms with Crippen LogP contribution in [0.1, 0.15) is 24.5 Å². The summed E-state index contributed by atoms with van der Waals surface area (Å²) in [6.07, 6.45) is 1.19. The van der Waals surface area contributed by atoms with Crippen molar-refractivity contribution in [3.05, 3.63) is 101 Å². The van der Waals surface area contributed by atoms with Gasteiger partial charge in [0, 0.05) is 10.9 Å². The third-order valence-corrected chi connectivity index (χ3v) is 5.29. The van der Waals surface area contributed by atoms with Crippen LogP contribution in [0.2, 0.25) is 0 Å². The fourth-order valence-corrected chi connectivity index (χ4v) is 3.62. The average molecular weight is 442 g/mol. The molecule has 0 fully saturated rings. The fourth-order valence-electron chi connectivity index (χ4n) is 3.62. The highest BCUT2D eigenvalue weighted by Crippen LogP contribution is 2.29. The number of halogens is 5. The molecule has 0 saturated heterocycles. The Labute approximate surface area is 182 Å². The third kappa shape index (κ3) is 4.17. The van der Waals surface area contributed by atoms with Gasteiger partial charge in [-0.25, -0.2) is 22.0 Å². The Kier molecular flexibility index (Phi) is 6.12. The van der Waals surface area contributed by atoms with Gasteiger partial charge in [0.15, 0.2) is 29.1 Å². The molecule has 164 valence electrons. The van der Waals surface area contributed by atoms with Crippen molar-refractivity contribution >= 4 is 10.8 Å². The van der Waals surface area contributed by atoms with Crippen LogP contribution >= 0.6 is 0 Å². The lowest BCUT2D eigenvalue weighted by Crippen LogP contribution is -1.98. The molecule has 4 rings (SSSR count). The molecule has 6 heteroatoms. The molecule has 0 aliphatic heterocycles. The zero-order valence-corrected chi connectivity index (χ0v) is 17.2. The molecular weight excluding hydrogens is 423 g/mol. The molecule has 0 bridgehead atoms. The Hall–Kier alpha value is -3.41. The summed E-state index contributed by atoms with van der Waals surface area (Å²) in [5.74, 6) is -5.21. The molecule has 0 radical (unpaired) electrons. The lowest BCUT2D eigenvalue weighted by molar-refractivity contribution is 0.306. The van der Waals surface area contributed by atoms with Crippen molar-refractivity contribution in [1.29, 1.82) is 0 Å². The maximum absolute atomic E-state index is 14.5. The van der Waals surface area contributed by atoms with E-state index in [0.29, 0.717) is 28.9 Å². The molecule has 0 atom stereocenters. The van der Waals surface area contributed by atoms with Crippen molar-refractivity contribution < 1.29 is 26.7 Å². The summed E-state index contributed by atoms with van der Waals surface area (Å²) >= 11 is 0. The summed E-state index contributed by atoms with van der Waals surface area (Å²) in [6, 6.07) is 15.1. The average Bonchev–Trinajstić information content (AvgIpc) is 2.80. The highest BCUT2D eigenvalue weighted by Gasteiger charge is 2.15. The normalized spacial score (nSPS) is 11.2. The first kappa shape index (κ1) is 21.8. The fraction of sp³-hybridized carbons (Fsp3) is 0.154. The Morgan fingerprint density at radius 1 is 0.719 bits per heavy atom. The molecule has 0 heterocycles. The molecule has 0 saturated carbocycles. The zero-order valence-electron chi connectivity index (χ0n) is 17.2. The van der Waals surface area contributed by atoms with Crippen molar-refractivity contribution in [1.82, 2.24) is 0 Å². The van der Waals surface area contributed by atoms with E-state index < -0.39 is 29.1 Å². The van der Waals surface area contributed by atoms with E-state index in [0.717, 1.165) is 12.5 Å². The van der Waals surface area contributed by atoms with Gasteiger partial charge in [-0.3, -0.25) is 0 Å². The van der Waals surface area contributed by atoms with Crippen LogP contribution in [0.4, 0.5) is 22.0 Å². The van der Waals surface area contributed by atoms with Crippen LogP contribution in [0.5, 0.6) is 5.75 Å². The first-order valence-electron chi connectivity index (χ1n) is 10.1. The van der Waals surface area contributed by atoms with Gasteiger partial charge in [-0.05, 0) is 52.8 Å². The number of rotatable bonds is 6. The van der Waals surface area contributed by atoms with Crippen molar-refractivity contribution in [3.63, 3.8) is 0 Å². The summed E-state index contributed by atoms with van der Waals surface area (Å²) in [6.45, 7) is 2.00. The summed E-state index contributed by atoms with van der Waals surface area (Å²) < 4.78 is 75.1. The van der Waals surface area contributed by atoms with E-state index in [1.807, 2.05) is 6.92 Å². The van der Waals surface area contributed by atoms with Crippen LogP contribution in [0, 0.1) is 29.1 Å². The van der Waals surface area contributed by atoms with Crippen molar-refractivity contribution in [2.24, 2.45) is 0 Å². The van der Waals surface area contributed by atoms with Gasteiger partial charge in [0.05, 0.1) is 0 Å². The molecule has 0 spiro atoms. The molecule has 0 unspecified atom stereocenters. The smallest absolute Gasteiger partial charge is 0.195 e. The third-order valence-electron chi connectivity index (χ3n) is 5.29. The van der Waals surface area contributed by atoms with Gasteiger partial charge >= 0.3 is 0 Å². The molecule has 1 nitrogen and oxygen atoms in total. The van der Waals surface area contributed by atoms with E-state index in [-0.39, 0.29) is 22.9 Å². The van der Waals surface area contributed by atoms with Crippen molar-refractivity contribution in [2.75, 3.05) is 0 Å². The summed E-state index contributed by atoms with van der Waals surface area (Å²) in [5, 5.41) is 0.207. The number of hydrogen-bond donors (Lipinski definition) is 0. The quantitative estimate of drug-likeness (QED) is 0.219. The van der Waals surface area contributed by atoms with Crippen LogP contribution in [0.15, 0.2) is 60.7 Å². The first-order chi connectivity index (χ1) is 15.4. The van der Waals surface area contributed by atoms with E-state index in [1.165, 1.54) is 12.1 Å². The second kappa shape index (κ2) is 8.99. The molecule has 0 N–H and O–H groups in total.